The summed E-state index contributed by atoms with van der Waals surface area (Å²) in [6.07, 6.45) is 0. The Labute approximate surface area is 166 Å². The summed E-state index contributed by atoms with van der Waals surface area (Å²) in [6, 6.07) is 16.7. The standard InChI is InChI=1S/C20H17N3O2S2/c1-25-18-7-5-15(6-8-18)20-23-17(12-27-20)11-26-13-19(24)22-16-4-2-3-14(9-16)10-21/h2-9,12H,11,13H2,1H3,(H,22,24). The molecule has 0 bridgehead atoms. The van der Waals surface area contributed by atoms with Crippen LogP contribution in [0.5, 0.6) is 5.75 Å². The first-order chi connectivity index (χ1) is 13.2. The van der Waals surface area contributed by atoms with Gasteiger partial charge in [-0.05, 0) is 42.5 Å². The topological polar surface area (TPSA) is 75.0 Å². The summed E-state index contributed by atoms with van der Waals surface area (Å²) in [6.45, 7) is 0. The van der Waals surface area contributed by atoms with Crippen molar-refractivity contribution in [2.24, 2.45) is 0 Å². The van der Waals surface area contributed by atoms with Gasteiger partial charge in [-0.15, -0.1) is 23.1 Å². The number of nitriles is 1. The molecule has 0 saturated heterocycles. The zero-order valence-electron chi connectivity index (χ0n) is 14.6. The first-order valence-electron chi connectivity index (χ1n) is 8.14. The number of rotatable bonds is 7. The number of carbonyl (C=O) groups is 1. The van der Waals surface area contributed by atoms with Gasteiger partial charge >= 0.3 is 0 Å². The SMILES string of the molecule is COc1ccc(-c2nc(CSCC(=O)Nc3cccc(C#N)c3)cs2)cc1. The predicted molar refractivity (Wildman–Crippen MR) is 110 cm³/mol. The van der Waals surface area contributed by atoms with Gasteiger partial charge in [-0.25, -0.2) is 4.98 Å². The molecule has 7 heteroatoms. The lowest BCUT2D eigenvalue weighted by Gasteiger charge is -2.04. The number of nitrogens with one attached hydrogen (secondary N) is 1. The van der Waals surface area contributed by atoms with Gasteiger partial charge in [-0.1, -0.05) is 6.07 Å². The fourth-order valence-corrected chi connectivity index (χ4v) is 4.00. The third-order valence-electron chi connectivity index (χ3n) is 3.65. The second kappa shape index (κ2) is 9.21. The fraction of sp³-hybridized carbons (Fsp3) is 0.150. The van der Waals surface area contributed by atoms with Crippen molar-refractivity contribution in [1.29, 1.82) is 5.26 Å². The van der Waals surface area contributed by atoms with Crippen LogP contribution in [0.3, 0.4) is 0 Å². The van der Waals surface area contributed by atoms with Crippen LogP contribution < -0.4 is 10.1 Å². The summed E-state index contributed by atoms with van der Waals surface area (Å²) in [5.41, 5.74) is 3.16. The van der Waals surface area contributed by atoms with Crippen molar-refractivity contribution in [2.75, 3.05) is 18.2 Å². The van der Waals surface area contributed by atoms with Crippen molar-refractivity contribution in [3.63, 3.8) is 0 Å². The maximum atomic E-state index is 12.0. The number of anilines is 1. The van der Waals surface area contributed by atoms with Crippen LogP contribution >= 0.6 is 23.1 Å². The lowest BCUT2D eigenvalue weighted by Crippen LogP contribution is -2.14. The smallest absolute Gasteiger partial charge is 0.234 e. The van der Waals surface area contributed by atoms with Gasteiger partial charge in [-0.3, -0.25) is 4.79 Å². The molecule has 0 fully saturated rings. The molecule has 3 aromatic rings. The molecule has 0 saturated carbocycles. The quantitative estimate of drug-likeness (QED) is 0.635. The highest BCUT2D eigenvalue weighted by Gasteiger charge is 2.08. The summed E-state index contributed by atoms with van der Waals surface area (Å²) in [7, 11) is 1.64. The highest BCUT2D eigenvalue weighted by Crippen LogP contribution is 2.27. The lowest BCUT2D eigenvalue weighted by atomic mass is 10.2. The van der Waals surface area contributed by atoms with E-state index in [-0.39, 0.29) is 5.91 Å². The fourth-order valence-electron chi connectivity index (χ4n) is 2.35. The zero-order valence-corrected chi connectivity index (χ0v) is 16.3. The number of hydrogen-bond acceptors (Lipinski definition) is 6. The van der Waals surface area contributed by atoms with Crippen molar-refractivity contribution in [3.8, 4) is 22.4 Å². The van der Waals surface area contributed by atoms with E-state index in [1.807, 2.05) is 29.6 Å². The number of thioether (sulfide) groups is 1. The van der Waals surface area contributed by atoms with Crippen LogP contribution in [0.25, 0.3) is 10.6 Å². The molecule has 5 nitrogen and oxygen atoms in total. The van der Waals surface area contributed by atoms with E-state index in [0.717, 1.165) is 22.0 Å². The number of carbonyl (C=O) groups excluding carboxylic acids is 1. The van der Waals surface area contributed by atoms with Crippen molar-refractivity contribution in [1.82, 2.24) is 4.98 Å². The van der Waals surface area contributed by atoms with Crippen LogP contribution in [0.2, 0.25) is 0 Å². The summed E-state index contributed by atoms with van der Waals surface area (Å²) in [5, 5.41) is 14.7. The molecular weight excluding hydrogens is 378 g/mol. The average Bonchev–Trinajstić information content (AvgIpc) is 3.17. The highest BCUT2D eigenvalue weighted by molar-refractivity contribution is 7.99. The van der Waals surface area contributed by atoms with Crippen molar-refractivity contribution >= 4 is 34.7 Å². The summed E-state index contributed by atoms with van der Waals surface area (Å²) >= 11 is 3.09. The molecule has 1 aromatic heterocycles. The maximum absolute atomic E-state index is 12.0. The normalized spacial score (nSPS) is 10.2. The monoisotopic (exact) mass is 395 g/mol. The van der Waals surface area contributed by atoms with Gasteiger partial charge in [0, 0.05) is 22.4 Å². The van der Waals surface area contributed by atoms with E-state index in [1.54, 1.807) is 42.7 Å². The number of thiazole rings is 1. The van der Waals surface area contributed by atoms with E-state index in [9.17, 15) is 4.79 Å². The van der Waals surface area contributed by atoms with Crippen LogP contribution in [-0.2, 0) is 10.5 Å². The van der Waals surface area contributed by atoms with Crippen LogP contribution in [0, 0.1) is 11.3 Å². The molecule has 0 aliphatic carbocycles. The molecule has 136 valence electrons. The van der Waals surface area contributed by atoms with E-state index in [4.69, 9.17) is 10.00 Å². The van der Waals surface area contributed by atoms with Crippen molar-refractivity contribution < 1.29 is 9.53 Å². The summed E-state index contributed by atoms with van der Waals surface area (Å²) < 4.78 is 5.17. The van der Waals surface area contributed by atoms with Gasteiger partial charge in [0.25, 0.3) is 0 Å². The second-order valence-electron chi connectivity index (χ2n) is 5.61. The molecule has 1 N–H and O–H groups in total. The lowest BCUT2D eigenvalue weighted by molar-refractivity contribution is -0.113. The number of nitrogens with zero attached hydrogens (tertiary/aromatic N) is 2. The third kappa shape index (κ3) is 5.33. The van der Waals surface area contributed by atoms with Gasteiger partial charge in [-0.2, -0.15) is 5.26 Å². The Balaban J connectivity index is 1.49. The molecular formula is C20H17N3O2S2. The first kappa shape index (κ1) is 19.0. The Morgan fingerprint density at radius 2 is 2.11 bits per heavy atom. The molecule has 27 heavy (non-hydrogen) atoms. The minimum Gasteiger partial charge on any atom is -0.497 e. The molecule has 1 heterocycles. The van der Waals surface area contributed by atoms with Crippen molar-refractivity contribution in [2.45, 2.75) is 5.75 Å². The van der Waals surface area contributed by atoms with E-state index in [2.05, 4.69) is 16.4 Å². The third-order valence-corrected chi connectivity index (χ3v) is 5.55. The van der Waals surface area contributed by atoms with Gasteiger partial charge < -0.3 is 10.1 Å². The molecule has 0 atom stereocenters. The number of aromatic nitrogens is 1. The van der Waals surface area contributed by atoms with Crippen LogP contribution in [0.1, 0.15) is 11.3 Å². The molecule has 0 unspecified atom stereocenters. The van der Waals surface area contributed by atoms with E-state index >= 15 is 0 Å². The Bertz CT molecular complexity index is 962. The van der Waals surface area contributed by atoms with Crippen LogP contribution in [0.15, 0.2) is 53.9 Å². The number of methoxy groups -OCH3 is 1. The van der Waals surface area contributed by atoms with E-state index < -0.39 is 0 Å². The van der Waals surface area contributed by atoms with E-state index in [1.165, 1.54) is 11.8 Å². The predicted octanol–water partition coefficient (Wildman–Crippen LogP) is 4.56. The largest absolute Gasteiger partial charge is 0.497 e. The molecule has 1 amide bonds. The van der Waals surface area contributed by atoms with Gasteiger partial charge in [0.15, 0.2) is 0 Å². The van der Waals surface area contributed by atoms with Gasteiger partial charge in [0.1, 0.15) is 10.8 Å². The van der Waals surface area contributed by atoms with Crippen LogP contribution in [0.4, 0.5) is 5.69 Å². The molecule has 0 spiro atoms. The second-order valence-corrected chi connectivity index (χ2v) is 7.45. The molecule has 2 aromatic carbocycles. The zero-order chi connectivity index (χ0) is 19.1. The minimum atomic E-state index is -0.0966. The number of benzene rings is 2. The molecule has 0 radical (unpaired) electrons. The van der Waals surface area contributed by atoms with Gasteiger partial charge in [0.2, 0.25) is 5.91 Å². The Morgan fingerprint density at radius 3 is 2.85 bits per heavy atom. The number of amides is 1. The molecule has 0 aliphatic heterocycles. The number of ether oxygens (including phenoxy) is 1. The Hall–Kier alpha value is -2.82. The van der Waals surface area contributed by atoms with Crippen LogP contribution in [-0.4, -0.2) is 23.8 Å². The van der Waals surface area contributed by atoms with Gasteiger partial charge in [0.05, 0.1) is 30.2 Å². The highest BCUT2D eigenvalue weighted by atomic mass is 32.2. The summed E-state index contributed by atoms with van der Waals surface area (Å²) in [4.78, 5) is 16.7. The number of hydrogen-bond donors (Lipinski definition) is 1. The van der Waals surface area contributed by atoms with E-state index in [0.29, 0.717) is 22.8 Å². The Kier molecular flexibility index (Phi) is 6.47. The Morgan fingerprint density at radius 1 is 1.30 bits per heavy atom. The molecule has 0 aliphatic rings. The molecule has 3 rings (SSSR count). The maximum Gasteiger partial charge on any atom is 0.234 e. The first-order valence-corrected chi connectivity index (χ1v) is 10.2. The summed E-state index contributed by atoms with van der Waals surface area (Å²) in [5.74, 6) is 1.71. The minimum absolute atomic E-state index is 0.0966. The average molecular weight is 396 g/mol. The van der Waals surface area contributed by atoms with Crippen molar-refractivity contribution in [3.05, 3.63) is 65.2 Å².